The molecule has 0 aliphatic rings. The van der Waals surface area contributed by atoms with Gasteiger partial charge in [0.15, 0.2) is 0 Å². The first kappa shape index (κ1) is 10.9. The summed E-state index contributed by atoms with van der Waals surface area (Å²) in [6.07, 6.45) is 2.71. The largest absolute Gasteiger partial charge is 0.478 e. The summed E-state index contributed by atoms with van der Waals surface area (Å²) in [5, 5.41) is 8.71. The van der Waals surface area contributed by atoms with Crippen molar-refractivity contribution in [3.63, 3.8) is 0 Å². The molecule has 78 valence electrons. The molecule has 0 aromatic heterocycles. The van der Waals surface area contributed by atoms with Crippen LogP contribution in [0, 0.1) is 5.82 Å². The molecule has 3 N–H and O–H groups in total. The fraction of sp³-hybridized carbons (Fsp3) is 0. The molecule has 0 aliphatic heterocycles. The minimum absolute atomic E-state index is 0.00806. The molecule has 5 heteroatoms. The third-order valence-corrected chi connectivity index (χ3v) is 1.75. The molecular weight excluding hydrogens is 201 g/mol. The lowest BCUT2D eigenvalue weighted by Crippen LogP contribution is -2.04. The van der Waals surface area contributed by atoms with Crippen molar-refractivity contribution in [2.45, 2.75) is 0 Å². The lowest BCUT2D eigenvalue weighted by atomic mass is 10.1. The van der Waals surface area contributed by atoms with Crippen LogP contribution in [0.3, 0.4) is 0 Å². The van der Waals surface area contributed by atoms with Crippen molar-refractivity contribution >= 4 is 24.0 Å². The van der Waals surface area contributed by atoms with Crippen LogP contribution < -0.4 is 5.73 Å². The van der Waals surface area contributed by atoms with Gasteiger partial charge in [-0.2, -0.15) is 0 Å². The van der Waals surface area contributed by atoms with E-state index in [1.165, 1.54) is 6.08 Å². The molecule has 0 saturated heterocycles. The molecule has 1 aromatic rings. The molecule has 0 saturated carbocycles. The average Bonchev–Trinajstić information content (AvgIpc) is 2.16. The van der Waals surface area contributed by atoms with E-state index in [2.05, 4.69) is 0 Å². The molecular formula is C10H8FNO3. The van der Waals surface area contributed by atoms with Gasteiger partial charge in [0.2, 0.25) is 0 Å². The van der Waals surface area contributed by atoms with Crippen molar-refractivity contribution in [3.8, 4) is 0 Å². The van der Waals surface area contributed by atoms with Crippen molar-refractivity contribution in [3.05, 3.63) is 35.2 Å². The summed E-state index contributed by atoms with van der Waals surface area (Å²) >= 11 is 0. The smallest absolute Gasteiger partial charge is 0.337 e. The van der Waals surface area contributed by atoms with Gasteiger partial charge in [-0.3, -0.25) is 4.79 Å². The SMILES string of the molecule is Nc1cc(F)c(C=CC=O)cc1C(=O)O. The highest BCUT2D eigenvalue weighted by molar-refractivity contribution is 5.94. The second-order valence-electron chi connectivity index (χ2n) is 2.76. The molecule has 0 unspecified atom stereocenters. The number of carboxylic acids is 1. The summed E-state index contributed by atoms with van der Waals surface area (Å²) in [5.41, 5.74) is 4.97. The molecule has 0 aliphatic carbocycles. The normalized spacial score (nSPS) is 10.5. The summed E-state index contributed by atoms with van der Waals surface area (Å²) in [7, 11) is 0. The summed E-state index contributed by atoms with van der Waals surface area (Å²) in [4.78, 5) is 20.7. The number of benzene rings is 1. The Bertz CT molecular complexity index is 441. The first-order valence-corrected chi connectivity index (χ1v) is 4.00. The van der Waals surface area contributed by atoms with E-state index < -0.39 is 11.8 Å². The van der Waals surface area contributed by atoms with Gasteiger partial charge in [-0.1, -0.05) is 0 Å². The van der Waals surface area contributed by atoms with Crippen LogP contribution in [-0.4, -0.2) is 17.4 Å². The number of nitrogen functional groups attached to an aromatic ring is 1. The second kappa shape index (κ2) is 4.36. The maximum atomic E-state index is 13.2. The van der Waals surface area contributed by atoms with E-state index in [0.717, 1.165) is 18.2 Å². The van der Waals surface area contributed by atoms with Gasteiger partial charge in [0, 0.05) is 11.3 Å². The monoisotopic (exact) mass is 209 g/mol. The molecule has 1 aromatic carbocycles. The maximum Gasteiger partial charge on any atom is 0.337 e. The number of aldehydes is 1. The Morgan fingerprint density at radius 1 is 1.47 bits per heavy atom. The number of hydrogen-bond donors (Lipinski definition) is 2. The van der Waals surface area contributed by atoms with Gasteiger partial charge in [0.1, 0.15) is 12.1 Å². The lowest BCUT2D eigenvalue weighted by molar-refractivity contribution is -0.104. The topological polar surface area (TPSA) is 80.4 Å². The maximum absolute atomic E-state index is 13.2. The van der Waals surface area contributed by atoms with Crippen molar-refractivity contribution in [1.82, 2.24) is 0 Å². The molecule has 1 rings (SSSR count). The zero-order valence-corrected chi connectivity index (χ0v) is 7.61. The van der Waals surface area contributed by atoms with E-state index in [9.17, 15) is 14.0 Å². The predicted molar refractivity (Wildman–Crippen MR) is 52.9 cm³/mol. The van der Waals surface area contributed by atoms with Gasteiger partial charge in [0.05, 0.1) is 5.56 Å². The number of halogens is 1. The van der Waals surface area contributed by atoms with Gasteiger partial charge in [0.25, 0.3) is 0 Å². The molecule has 0 atom stereocenters. The van der Waals surface area contributed by atoms with E-state index in [1.807, 2.05) is 0 Å². The van der Waals surface area contributed by atoms with E-state index in [1.54, 1.807) is 0 Å². The van der Waals surface area contributed by atoms with E-state index in [4.69, 9.17) is 10.8 Å². The molecule has 0 amide bonds. The standard InChI is InChI=1S/C10H8FNO3/c11-8-5-9(12)7(10(14)15)4-6(8)2-1-3-13/h1-5H,12H2,(H,14,15). The van der Waals surface area contributed by atoms with Crippen LogP contribution in [0.1, 0.15) is 15.9 Å². The molecule has 0 heterocycles. The Balaban J connectivity index is 3.29. The number of carboxylic acid groups (broad SMARTS) is 1. The minimum atomic E-state index is -1.24. The first-order chi connectivity index (χ1) is 7.06. The number of allylic oxidation sites excluding steroid dienone is 1. The number of anilines is 1. The number of nitrogens with two attached hydrogens (primary N) is 1. The van der Waals surface area contributed by atoms with Crippen LogP contribution in [0.15, 0.2) is 18.2 Å². The molecule has 0 fully saturated rings. The number of rotatable bonds is 3. The number of hydrogen-bond acceptors (Lipinski definition) is 3. The molecule has 15 heavy (non-hydrogen) atoms. The third-order valence-electron chi connectivity index (χ3n) is 1.75. The quantitative estimate of drug-likeness (QED) is 0.447. The Kier molecular flexibility index (Phi) is 3.17. The Morgan fingerprint density at radius 2 is 2.13 bits per heavy atom. The molecule has 4 nitrogen and oxygen atoms in total. The van der Waals surface area contributed by atoms with Gasteiger partial charge in [-0.15, -0.1) is 0 Å². The highest BCUT2D eigenvalue weighted by Crippen LogP contribution is 2.19. The Hall–Kier alpha value is -2.17. The lowest BCUT2D eigenvalue weighted by Gasteiger charge is -2.03. The van der Waals surface area contributed by atoms with E-state index in [0.29, 0.717) is 6.29 Å². The summed E-state index contributed by atoms with van der Waals surface area (Å²) in [5.74, 6) is -1.91. The van der Waals surface area contributed by atoms with Gasteiger partial charge >= 0.3 is 5.97 Å². The molecule has 0 radical (unpaired) electrons. The zero-order chi connectivity index (χ0) is 11.4. The Morgan fingerprint density at radius 3 is 2.67 bits per heavy atom. The van der Waals surface area contributed by atoms with Crippen molar-refractivity contribution < 1.29 is 19.1 Å². The van der Waals surface area contributed by atoms with Gasteiger partial charge < -0.3 is 10.8 Å². The highest BCUT2D eigenvalue weighted by Gasteiger charge is 2.11. The predicted octanol–water partition coefficient (Wildman–Crippen LogP) is 1.32. The first-order valence-electron chi connectivity index (χ1n) is 4.00. The Labute approximate surface area is 84.8 Å². The number of carbonyl (C=O) groups is 2. The van der Waals surface area contributed by atoms with Gasteiger partial charge in [-0.25, -0.2) is 9.18 Å². The van der Waals surface area contributed by atoms with Crippen molar-refractivity contribution in [1.29, 1.82) is 0 Å². The van der Waals surface area contributed by atoms with Crippen LogP contribution >= 0.6 is 0 Å². The van der Waals surface area contributed by atoms with Crippen LogP contribution in [0.2, 0.25) is 0 Å². The fourth-order valence-corrected chi connectivity index (χ4v) is 1.06. The van der Waals surface area contributed by atoms with Gasteiger partial charge in [-0.05, 0) is 24.3 Å². The average molecular weight is 209 g/mol. The second-order valence-corrected chi connectivity index (χ2v) is 2.76. The summed E-state index contributed by atoms with van der Waals surface area (Å²) in [6.45, 7) is 0. The van der Waals surface area contributed by atoms with E-state index in [-0.39, 0.29) is 16.8 Å². The fourth-order valence-electron chi connectivity index (χ4n) is 1.06. The van der Waals surface area contributed by atoms with Crippen LogP contribution in [0.25, 0.3) is 6.08 Å². The minimum Gasteiger partial charge on any atom is -0.478 e. The highest BCUT2D eigenvalue weighted by atomic mass is 19.1. The zero-order valence-electron chi connectivity index (χ0n) is 7.61. The van der Waals surface area contributed by atoms with Crippen LogP contribution in [-0.2, 0) is 4.79 Å². The number of carbonyl (C=O) groups excluding carboxylic acids is 1. The van der Waals surface area contributed by atoms with Crippen molar-refractivity contribution in [2.24, 2.45) is 0 Å². The molecule has 0 spiro atoms. The summed E-state index contributed by atoms with van der Waals surface area (Å²) < 4.78 is 13.2. The van der Waals surface area contributed by atoms with Crippen LogP contribution in [0.4, 0.5) is 10.1 Å². The third kappa shape index (κ3) is 2.40. The van der Waals surface area contributed by atoms with E-state index >= 15 is 0 Å². The number of aromatic carboxylic acids is 1. The molecule has 0 bridgehead atoms. The van der Waals surface area contributed by atoms with Crippen LogP contribution in [0.5, 0.6) is 0 Å². The summed E-state index contributed by atoms with van der Waals surface area (Å²) in [6, 6.07) is 1.99. The van der Waals surface area contributed by atoms with Crippen molar-refractivity contribution in [2.75, 3.05) is 5.73 Å².